The molecule has 3 nitrogen and oxygen atoms in total. The van der Waals surface area contributed by atoms with Crippen molar-refractivity contribution in [3.8, 4) is 11.3 Å². The second-order valence-corrected chi connectivity index (χ2v) is 6.99. The van der Waals surface area contributed by atoms with Crippen molar-refractivity contribution in [2.75, 3.05) is 0 Å². The minimum atomic E-state index is -0.232. The maximum Gasteiger partial charge on any atom is 0.138 e. The number of benzene rings is 2. The Morgan fingerprint density at radius 1 is 0.926 bits per heavy atom. The van der Waals surface area contributed by atoms with Crippen molar-refractivity contribution in [1.29, 1.82) is 0 Å². The standard InChI is InChI=1S/C23H20FN3/c1-2-3-12-27-21-7-5-4-6-18(21)19-13-23-25-20(14-26(23)15-22(19)27)16-8-10-17(24)11-9-16/h4-11,13-15H,2-3,12H2,1H3. The molecule has 0 radical (unpaired) electrons. The van der Waals surface area contributed by atoms with Crippen LogP contribution < -0.4 is 0 Å². The van der Waals surface area contributed by atoms with Crippen molar-refractivity contribution in [3.63, 3.8) is 0 Å². The van der Waals surface area contributed by atoms with E-state index in [9.17, 15) is 4.39 Å². The van der Waals surface area contributed by atoms with Gasteiger partial charge in [0.2, 0.25) is 0 Å². The molecule has 0 amide bonds. The molecule has 0 atom stereocenters. The van der Waals surface area contributed by atoms with E-state index in [1.54, 1.807) is 12.1 Å². The molecule has 0 spiro atoms. The van der Waals surface area contributed by atoms with Crippen molar-refractivity contribution in [3.05, 3.63) is 72.8 Å². The molecule has 3 aromatic heterocycles. The Labute approximate surface area is 156 Å². The average molecular weight is 357 g/mol. The molecule has 0 aliphatic carbocycles. The summed E-state index contributed by atoms with van der Waals surface area (Å²) in [5.74, 6) is -0.232. The van der Waals surface area contributed by atoms with Crippen LogP contribution in [0.4, 0.5) is 4.39 Å². The van der Waals surface area contributed by atoms with Crippen LogP contribution in [0.1, 0.15) is 19.8 Å². The lowest BCUT2D eigenvalue weighted by Crippen LogP contribution is -1.97. The number of aromatic nitrogens is 3. The normalized spacial score (nSPS) is 11.8. The molecule has 0 aliphatic heterocycles. The van der Waals surface area contributed by atoms with Gasteiger partial charge in [-0.25, -0.2) is 9.37 Å². The first kappa shape index (κ1) is 16.1. The van der Waals surface area contributed by atoms with E-state index in [4.69, 9.17) is 4.98 Å². The van der Waals surface area contributed by atoms with Gasteiger partial charge in [0.25, 0.3) is 0 Å². The van der Waals surface area contributed by atoms with Crippen molar-refractivity contribution in [2.24, 2.45) is 0 Å². The van der Waals surface area contributed by atoms with E-state index in [-0.39, 0.29) is 5.82 Å². The van der Waals surface area contributed by atoms with Crippen LogP contribution in [0.5, 0.6) is 0 Å². The fourth-order valence-corrected chi connectivity index (χ4v) is 3.84. The SMILES string of the molecule is CCCCn1c2ccccc2c2cc3nc(-c4ccc(F)cc4)cn3cc21. The number of pyridine rings is 1. The topological polar surface area (TPSA) is 22.2 Å². The first-order valence-electron chi connectivity index (χ1n) is 9.40. The lowest BCUT2D eigenvalue weighted by Gasteiger charge is -2.06. The Hall–Kier alpha value is -3.14. The van der Waals surface area contributed by atoms with Crippen LogP contribution in [0, 0.1) is 5.82 Å². The van der Waals surface area contributed by atoms with Gasteiger partial charge in [0, 0.05) is 40.8 Å². The number of nitrogens with zero attached hydrogens (tertiary/aromatic N) is 3. The van der Waals surface area contributed by atoms with Crippen LogP contribution in [0.25, 0.3) is 38.7 Å². The molecule has 4 heteroatoms. The third-order valence-corrected chi connectivity index (χ3v) is 5.22. The third kappa shape index (κ3) is 2.60. The van der Waals surface area contributed by atoms with Gasteiger partial charge in [0.05, 0.1) is 11.2 Å². The summed E-state index contributed by atoms with van der Waals surface area (Å²) in [5, 5.41) is 2.49. The molecule has 0 saturated carbocycles. The van der Waals surface area contributed by atoms with Gasteiger partial charge in [-0.05, 0) is 42.8 Å². The first-order chi connectivity index (χ1) is 13.2. The highest BCUT2D eigenvalue weighted by atomic mass is 19.1. The summed E-state index contributed by atoms with van der Waals surface area (Å²) in [5.41, 5.74) is 5.17. The van der Waals surface area contributed by atoms with Crippen molar-refractivity contribution < 1.29 is 4.39 Å². The summed E-state index contributed by atoms with van der Waals surface area (Å²) in [6, 6.07) is 17.2. The third-order valence-electron chi connectivity index (χ3n) is 5.22. The number of hydrogen-bond donors (Lipinski definition) is 0. The summed E-state index contributed by atoms with van der Waals surface area (Å²) in [6.45, 7) is 3.22. The predicted molar refractivity (Wildman–Crippen MR) is 108 cm³/mol. The molecule has 27 heavy (non-hydrogen) atoms. The highest BCUT2D eigenvalue weighted by molar-refractivity contribution is 6.08. The smallest absolute Gasteiger partial charge is 0.138 e. The maximum atomic E-state index is 13.2. The number of imidazole rings is 1. The molecule has 3 heterocycles. The Kier molecular flexibility index (Phi) is 3.71. The number of rotatable bonds is 4. The molecular formula is C23H20FN3. The number of para-hydroxylation sites is 1. The lowest BCUT2D eigenvalue weighted by atomic mass is 10.2. The van der Waals surface area contributed by atoms with Crippen molar-refractivity contribution in [2.45, 2.75) is 26.3 Å². The number of hydrogen-bond acceptors (Lipinski definition) is 1. The highest BCUT2D eigenvalue weighted by Crippen LogP contribution is 2.31. The maximum absolute atomic E-state index is 13.2. The number of halogens is 1. The van der Waals surface area contributed by atoms with E-state index in [0.29, 0.717) is 0 Å². The number of unbranched alkanes of at least 4 members (excludes halogenated alkanes) is 1. The molecule has 0 aliphatic rings. The summed E-state index contributed by atoms with van der Waals surface area (Å²) >= 11 is 0. The first-order valence-corrected chi connectivity index (χ1v) is 9.40. The van der Waals surface area contributed by atoms with Gasteiger partial charge in [-0.15, -0.1) is 0 Å². The molecule has 0 unspecified atom stereocenters. The minimum absolute atomic E-state index is 0.232. The van der Waals surface area contributed by atoms with E-state index in [1.807, 2.05) is 6.20 Å². The predicted octanol–water partition coefficient (Wildman–Crippen LogP) is 6.05. The Morgan fingerprint density at radius 2 is 1.74 bits per heavy atom. The second-order valence-electron chi connectivity index (χ2n) is 6.99. The lowest BCUT2D eigenvalue weighted by molar-refractivity contribution is 0.628. The zero-order chi connectivity index (χ0) is 18.4. The second kappa shape index (κ2) is 6.23. The quantitative estimate of drug-likeness (QED) is 0.384. The molecule has 2 aromatic carbocycles. The van der Waals surface area contributed by atoms with Crippen LogP contribution in [-0.4, -0.2) is 14.0 Å². The zero-order valence-electron chi connectivity index (χ0n) is 15.2. The van der Waals surface area contributed by atoms with E-state index in [2.05, 4.69) is 52.4 Å². The van der Waals surface area contributed by atoms with Crippen LogP contribution in [-0.2, 0) is 6.54 Å². The molecule has 134 valence electrons. The average Bonchev–Trinajstić information content (AvgIpc) is 3.24. The summed E-state index contributed by atoms with van der Waals surface area (Å²) in [4.78, 5) is 4.77. The van der Waals surface area contributed by atoms with E-state index < -0.39 is 0 Å². The van der Waals surface area contributed by atoms with Gasteiger partial charge in [0.1, 0.15) is 11.5 Å². The van der Waals surface area contributed by atoms with Gasteiger partial charge in [-0.1, -0.05) is 31.5 Å². The molecule has 5 aromatic rings. The number of aryl methyl sites for hydroxylation is 1. The number of fused-ring (bicyclic) bond motifs is 4. The fraction of sp³-hybridized carbons (Fsp3) is 0.174. The largest absolute Gasteiger partial charge is 0.339 e. The Bertz CT molecular complexity index is 1260. The monoisotopic (exact) mass is 357 g/mol. The van der Waals surface area contributed by atoms with Gasteiger partial charge >= 0.3 is 0 Å². The highest BCUT2D eigenvalue weighted by Gasteiger charge is 2.13. The Morgan fingerprint density at radius 3 is 2.56 bits per heavy atom. The van der Waals surface area contributed by atoms with Crippen LogP contribution in [0.3, 0.4) is 0 Å². The van der Waals surface area contributed by atoms with Crippen molar-refractivity contribution >= 4 is 27.5 Å². The van der Waals surface area contributed by atoms with E-state index in [0.717, 1.165) is 36.3 Å². The molecular weight excluding hydrogens is 337 g/mol. The zero-order valence-corrected chi connectivity index (χ0v) is 15.2. The molecule has 0 N–H and O–H groups in total. The fourth-order valence-electron chi connectivity index (χ4n) is 3.84. The molecule has 5 rings (SSSR count). The van der Waals surface area contributed by atoms with Gasteiger partial charge in [-0.3, -0.25) is 0 Å². The Balaban J connectivity index is 1.74. The minimum Gasteiger partial charge on any atom is -0.339 e. The van der Waals surface area contributed by atoms with Gasteiger partial charge in [0.15, 0.2) is 0 Å². The van der Waals surface area contributed by atoms with Crippen molar-refractivity contribution in [1.82, 2.24) is 14.0 Å². The van der Waals surface area contributed by atoms with Gasteiger partial charge in [-0.2, -0.15) is 0 Å². The van der Waals surface area contributed by atoms with Gasteiger partial charge < -0.3 is 8.97 Å². The summed E-state index contributed by atoms with van der Waals surface area (Å²) < 4.78 is 17.7. The van der Waals surface area contributed by atoms with Crippen LogP contribution in [0.15, 0.2) is 67.0 Å². The van der Waals surface area contributed by atoms with Crippen LogP contribution in [0.2, 0.25) is 0 Å². The van der Waals surface area contributed by atoms with E-state index in [1.165, 1.54) is 33.9 Å². The molecule has 0 saturated heterocycles. The molecule has 0 bridgehead atoms. The van der Waals surface area contributed by atoms with Crippen LogP contribution >= 0.6 is 0 Å². The molecule has 0 fully saturated rings. The summed E-state index contributed by atoms with van der Waals surface area (Å²) in [6.07, 6.45) is 6.50. The summed E-state index contributed by atoms with van der Waals surface area (Å²) in [7, 11) is 0. The van der Waals surface area contributed by atoms with E-state index >= 15 is 0 Å².